The Hall–Kier alpha value is -1.66. The van der Waals surface area contributed by atoms with E-state index in [1.165, 1.54) is 4.68 Å². The maximum Gasteiger partial charge on any atom is 0.140 e. The van der Waals surface area contributed by atoms with Crippen molar-refractivity contribution < 1.29 is 14.2 Å². The molecule has 96 valence electrons. The van der Waals surface area contributed by atoms with Gasteiger partial charge < -0.3 is 9.84 Å². The Morgan fingerprint density at radius 2 is 2.28 bits per heavy atom. The van der Waals surface area contributed by atoms with Crippen molar-refractivity contribution in [1.82, 2.24) is 15.0 Å². The summed E-state index contributed by atoms with van der Waals surface area (Å²) in [6.07, 6.45) is 1.59. The molecule has 0 aliphatic carbocycles. The van der Waals surface area contributed by atoms with Crippen molar-refractivity contribution in [2.75, 3.05) is 13.3 Å². The van der Waals surface area contributed by atoms with Crippen LogP contribution in [0, 0.1) is 0 Å². The molecule has 0 aliphatic rings. The summed E-state index contributed by atoms with van der Waals surface area (Å²) >= 11 is 5.92. The van der Waals surface area contributed by atoms with Gasteiger partial charge >= 0.3 is 0 Å². The molecule has 0 radical (unpaired) electrons. The summed E-state index contributed by atoms with van der Waals surface area (Å²) in [5.74, 6) is 0.382. The number of halogens is 2. The van der Waals surface area contributed by atoms with Crippen molar-refractivity contribution in [1.29, 1.82) is 0 Å². The molecule has 0 spiro atoms. The Morgan fingerprint density at radius 3 is 2.94 bits per heavy atom. The predicted octanol–water partition coefficient (Wildman–Crippen LogP) is 1.76. The molecule has 2 rings (SSSR count). The zero-order valence-corrected chi connectivity index (χ0v) is 10.1. The summed E-state index contributed by atoms with van der Waals surface area (Å²) < 4.78 is 18.7. The largest absolute Gasteiger partial charge is 0.489 e. The van der Waals surface area contributed by atoms with Crippen LogP contribution in [0.3, 0.4) is 0 Å². The highest BCUT2D eigenvalue weighted by atomic mass is 35.5. The van der Waals surface area contributed by atoms with E-state index in [1.807, 2.05) is 0 Å². The molecule has 0 unspecified atom stereocenters. The van der Waals surface area contributed by atoms with Gasteiger partial charge in [0.2, 0.25) is 0 Å². The Balaban J connectivity index is 2.28. The first kappa shape index (κ1) is 12.8. The van der Waals surface area contributed by atoms with Gasteiger partial charge in [-0.1, -0.05) is 16.8 Å². The second kappa shape index (κ2) is 5.79. The van der Waals surface area contributed by atoms with Gasteiger partial charge in [-0.3, -0.25) is 0 Å². The number of benzene rings is 1. The fraction of sp³-hybridized carbons (Fsp3) is 0.273. The molecule has 5 nitrogen and oxygen atoms in total. The standard InChI is InChI=1S/C11H11ClFN3O2/c12-10-2-1-9(5-11(10)18-4-3-13)16-6-8(7-17)14-15-16/h1-2,5-6,17H,3-4,7H2. The number of ether oxygens (including phenoxy) is 1. The van der Waals surface area contributed by atoms with Gasteiger partial charge in [0, 0.05) is 6.07 Å². The summed E-state index contributed by atoms with van der Waals surface area (Å²) in [5, 5.41) is 16.9. The number of aromatic nitrogens is 3. The van der Waals surface area contributed by atoms with Gasteiger partial charge in [-0.15, -0.1) is 5.10 Å². The Kier molecular flexibility index (Phi) is 4.11. The maximum absolute atomic E-state index is 12.1. The lowest BCUT2D eigenvalue weighted by Gasteiger charge is -2.08. The molecular weight excluding hydrogens is 261 g/mol. The van der Waals surface area contributed by atoms with Gasteiger partial charge in [-0.05, 0) is 12.1 Å². The lowest BCUT2D eigenvalue weighted by atomic mass is 10.3. The minimum atomic E-state index is -0.585. The number of hydrogen-bond donors (Lipinski definition) is 1. The maximum atomic E-state index is 12.1. The van der Waals surface area contributed by atoms with Crippen LogP contribution in [0.1, 0.15) is 5.69 Å². The first-order valence-electron chi connectivity index (χ1n) is 5.25. The van der Waals surface area contributed by atoms with Crippen LogP contribution in [0.15, 0.2) is 24.4 Å². The quantitative estimate of drug-likeness (QED) is 0.900. The highest BCUT2D eigenvalue weighted by Crippen LogP contribution is 2.26. The third-order valence-corrected chi connectivity index (χ3v) is 2.53. The number of nitrogens with zero attached hydrogens (tertiary/aromatic N) is 3. The monoisotopic (exact) mass is 271 g/mol. The van der Waals surface area contributed by atoms with Crippen molar-refractivity contribution in [3.8, 4) is 11.4 Å². The van der Waals surface area contributed by atoms with Crippen LogP contribution in [-0.2, 0) is 6.61 Å². The van der Waals surface area contributed by atoms with E-state index in [0.29, 0.717) is 22.2 Å². The average molecular weight is 272 g/mol. The fourth-order valence-corrected chi connectivity index (χ4v) is 1.56. The molecule has 0 aliphatic heterocycles. The Morgan fingerprint density at radius 1 is 1.44 bits per heavy atom. The van der Waals surface area contributed by atoms with Crippen LogP contribution in [-0.4, -0.2) is 33.4 Å². The molecule has 7 heteroatoms. The lowest BCUT2D eigenvalue weighted by molar-refractivity contribution is 0.273. The Labute approximate surface area is 108 Å². The molecule has 0 fully saturated rings. The number of aliphatic hydroxyl groups is 1. The smallest absolute Gasteiger partial charge is 0.140 e. The van der Waals surface area contributed by atoms with Crippen LogP contribution < -0.4 is 4.74 Å². The van der Waals surface area contributed by atoms with Gasteiger partial charge in [0.25, 0.3) is 0 Å². The fourth-order valence-electron chi connectivity index (χ4n) is 1.39. The van der Waals surface area contributed by atoms with Crippen molar-refractivity contribution in [3.05, 3.63) is 35.1 Å². The number of hydrogen-bond acceptors (Lipinski definition) is 4. The van der Waals surface area contributed by atoms with E-state index in [-0.39, 0.29) is 13.2 Å². The summed E-state index contributed by atoms with van der Waals surface area (Å²) in [6, 6.07) is 4.99. The van der Waals surface area contributed by atoms with E-state index in [2.05, 4.69) is 10.3 Å². The molecule has 0 saturated carbocycles. The molecule has 1 N–H and O–H groups in total. The minimum Gasteiger partial charge on any atom is -0.489 e. The summed E-state index contributed by atoms with van der Waals surface area (Å²) in [6.45, 7) is -0.820. The van der Waals surface area contributed by atoms with Crippen LogP contribution in [0.25, 0.3) is 5.69 Å². The van der Waals surface area contributed by atoms with E-state index < -0.39 is 6.67 Å². The summed E-state index contributed by atoms with van der Waals surface area (Å²) in [7, 11) is 0. The molecule has 1 aromatic heterocycles. The van der Waals surface area contributed by atoms with Crippen LogP contribution in [0.2, 0.25) is 5.02 Å². The SMILES string of the molecule is OCc1cn(-c2ccc(Cl)c(OCCF)c2)nn1. The predicted molar refractivity (Wildman–Crippen MR) is 63.8 cm³/mol. The molecule has 2 aromatic rings. The molecule has 0 amide bonds. The second-order valence-electron chi connectivity index (χ2n) is 3.46. The lowest BCUT2D eigenvalue weighted by Crippen LogP contribution is -2.01. The van der Waals surface area contributed by atoms with Crippen LogP contribution in [0.4, 0.5) is 4.39 Å². The molecule has 0 saturated heterocycles. The second-order valence-corrected chi connectivity index (χ2v) is 3.87. The van der Waals surface area contributed by atoms with E-state index in [1.54, 1.807) is 24.4 Å². The summed E-state index contributed by atoms with van der Waals surface area (Å²) in [5.41, 5.74) is 1.12. The molecule has 1 aromatic carbocycles. The minimum absolute atomic E-state index is 0.0532. The zero-order chi connectivity index (χ0) is 13.0. The van der Waals surface area contributed by atoms with Gasteiger partial charge in [0.05, 0.1) is 23.5 Å². The molecular formula is C11H11ClFN3O2. The van der Waals surface area contributed by atoms with E-state index in [0.717, 1.165) is 0 Å². The van der Waals surface area contributed by atoms with E-state index in [9.17, 15) is 4.39 Å². The Bertz CT molecular complexity index is 533. The number of rotatable bonds is 5. The zero-order valence-electron chi connectivity index (χ0n) is 9.38. The number of alkyl halides is 1. The van der Waals surface area contributed by atoms with Crippen LogP contribution >= 0.6 is 11.6 Å². The van der Waals surface area contributed by atoms with Crippen molar-refractivity contribution >= 4 is 11.6 Å². The third kappa shape index (κ3) is 2.77. The highest BCUT2D eigenvalue weighted by Gasteiger charge is 2.07. The van der Waals surface area contributed by atoms with Crippen molar-refractivity contribution in [2.24, 2.45) is 0 Å². The number of aliphatic hydroxyl groups excluding tert-OH is 1. The molecule has 0 bridgehead atoms. The first-order valence-corrected chi connectivity index (χ1v) is 5.63. The average Bonchev–Trinajstić information content (AvgIpc) is 2.86. The van der Waals surface area contributed by atoms with Gasteiger partial charge in [-0.25, -0.2) is 9.07 Å². The molecule has 18 heavy (non-hydrogen) atoms. The van der Waals surface area contributed by atoms with Crippen LogP contribution in [0.5, 0.6) is 5.75 Å². The van der Waals surface area contributed by atoms with E-state index >= 15 is 0 Å². The normalized spacial score (nSPS) is 10.6. The third-order valence-electron chi connectivity index (χ3n) is 2.22. The highest BCUT2D eigenvalue weighted by molar-refractivity contribution is 6.32. The molecule has 1 heterocycles. The van der Waals surface area contributed by atoms with Crippen molar-refractivity contribution in [3.63, 3.8) is 0 Å². The molecule has 0 atom stereocenters. The van der Waals surface area contributed by atoms with E-state index in [4.69, 9.17) is 21.4 Å². The van der Waals surface area contributed by atoms with Gasteiger partial charge in [0.15, 0.2) is 0 Å². The van der Waals surface area contributed by atoms with Gasteiger partial charge in [-0.2, -0.15) is 0 Å². The topological polar surface area (TPSA) is 60.2 Å². The summed E-state index contributed by atoms with van der Waals surface area (Å²) in [4.78, 5) is 0. The first-order chi connectivity index (χ1) is 8.74. The van der Waals surface area contributed by atoms with Gasteiger partial charge in [0.1, 0.15) is 24.7 Å². The van der Waals surface area contributed by atoms with Crippen molar-refractivity contribution in [2.45, 2.75) is 6.61 Å².